The first-order valence-corrected chi connectivity index (χ1v) is 8.10. The number of benzene rings is 2. The highest BCUT2D eigenvalue weighted by atomic mass is 16.5. The summed E-state index contributed by atoms with van der Waals surface area (Å²) in [5.74, 6) is 0.566. The molecule has 130 valence electrons. The fraction of sp³-hybridized carbons (Fsp3) is 0.158. The summed E-state index contributed by atoms with van der Waals surface area (Å²) in [6.07, 6.45) is 0. The molecule has 1 heterocycles. The van der Waals surface area contributed by atoms with Crippen molar-refractivity contribution in [2.75, 3.05) is 19.5 Å². The summed E-state index contributed by atoms with van der Waals surface area (Å²) >= 11 is 0. The Kier molecular flexibility index (Phi) is 3.76. The number of carbonyl (C=O) groups excluding carboxylic acids is 2. The van der Waals surface area contributed by atoms with Crippen LogP contribution in [0, 0.1) is 0 Å². The van der Waals surface area contributed by atoms with Crippen molar-refractivity contribution in [2.24, 2.45) is 10.2 Å². The van der Waals surface area contributed by atoms with E-state index in [0.717, 1.165) is 16.9 Å². The van der Waals surface area contributed by atoms with Gasteiger partial charge in [0.15, 0.2) is 5.78 Å². The average molecular weight is 348 g/mol. The summed E-state index contributed by atoms with van der Waals surface area (Å²) in [6.45, 7) is 0. The molecular formula is C19H16N4O3. The molecule has 0 radical (unpaired) electrons. The predicted octanol–water partition coefficient (Wildman–Crippen LogP) is 3.56. The van der Waals surface area contributed by atoms with E-state index >= 15 is 0 Å². The van der Waals surface area contributed by atoms with Crippen molar-refractivity contribution in [1.82, 2.24) is 5.32 Å². The maximum absolute atomic E-state index is 13.1. The molecule has 26 heavy (non-hydrogen) atoms. The molecule has 0 saturated heterocycles. The van der Waals surface area contributed by atoms with Gasteiger partial charge in [0.1, 0.15) is 17.5 Å². The molecule has 0 aromatic heterocycles. The standard InChI is InChI=1S/C19H16N4O3/c1-20-19(25)21-13-5-3-4-12-14(13)18(24)15-16(22-23-17(12)15)10-6-8-11(26-2)9-7-10/h3-9,17H,1-2H3,(H2,20,21,25). The SMILES string of the molecule is CNC(=O)Nc1cccc2c1C(=O)C1=C(c3ccc(OC)cc3)N=NC12. The lowest BCUT2D eigenvalue weighted by Gasteiger charge is -2.09. The van der Waals surface area contributed by atoms with E-state index in [-0.39, 0.29) is 11.8 Å². The van der Waals surface area contributed by atoms with Gasteiger partial charge in [-0.1, -0.05) is 12.1 Å². The van der Waals surface area contributed by atoms with Gasteiger partial charge in [-0.25, -0.2) is 4.79 Å². The molecule has 2 N–H and O–H groups in total. The van der Waals surface area contributed by atoms with Crippen LogP contribution in [0.25, 0.3) is 5.70 Å². The van der Waals surface area contributed by atoms with E-state index in [1.165, 1.54) is 7.05 Å². The smallest absolute Gasteiger partial charge is 0.318 e. The second-order valence-corrected chi connectivity index (χ2v) is 5.91. The largest absolute Gasteiger partial charge is 0.497 e. The lowest BCUT2D eigenvalue weighted by molar-refractivity contribution is 0.103. The summed E-state index contributed by atoms with van der Waals surface area (Å²) in [5, 5.41) is 13.7. The van der Waals surface area contributed by atoms with Crippen molar-refractivity contribution < 1.29 is 14.3 Å². The molecule has 2 aliphatic rings. The highest BCUT2D eigenvalue weighted by molar-refractivity contribution is 6.22. The van der Waals surface area contributed by atoms with Gasteiger partial charge in [-0.05, 0) is 35.9 Å². The van der Waals surface area contributed by atoms with E-state index in [9.17, 15) is 9.59 Å². The normalized spacial score (nSPS) is 17.2. The van der Waals surface area contributed by atoms with E-state index in [4.69, 9.17) is 4.74 Å². The lowest BCUT2D eigenvalue weighted by Crippen LogP contribution is -2.25. The van der Waals surface area contributed by atoms with Crippen LogP contribution < -0.4 is 15.4 Å². The van der Waals surface area contributed by atoms with E-state index in [2.05, 4.69) is 20.9 Å². The first kappa shape index (κ1) is 16.0. The minimum atomic E-state index is -0.430. The fourth-order valence-electron chi connectivity index (χ4n) is 3.24. The van der Waals surface area contributed by atoms with Crippen LogP contribution in [0.3, 0.4) is 0 Å². The van der Waals surface area contributed by atoms with Gasteiger partial charge in [-0.15, -0.1) is 0 Å². The predicted molar refractivity (Wildman–Crippen MR) is 96.4 cm³/mol. The summed E-state index contributed by atoms with van der Waals surface area (Å²) in [7, 11) is 3.12. The van der Waals surface area contributed by atoms with Gasteiger partial charge in [0, 0.05) is 12.6 Å². The van der Waals surface area contributed by atoms with Crippen molar-refractivity contribution in [3.8, 4) is 5.75 Å². The van der Waals surface area contributed by atoms with Crippen LogP contribution in [0.2, 0.25) is 0 Å². The molecule has 0 bridgehead atoms. The van der Waals surface area contributed by atoms with Gasteiger partial charge in [-0.2, -0.15) is 10.2 Å². The summed E-state index contributed by atoms with van der Waals surface area (Å²) < 4.78 is 5.17. The van der Waals surface area contributed by atoms with Gasteiger partial charge in [0.05, 0.1) is 23.9 Å². The van der Waals surface area contributed by atoms with E-state index < -0.39 is 6.04 Å². The third-order valence-corrected chi connectivity index (χ3v) is 4.50. The molecule has 7 heteroatoms. The Morgan fingerprint density at radius 3 is 2.62 bits per heavy atom. The van der Waals surface area contributed by atoms with Crippen molar-refractivity contribution in [3.63, 3.8) is 0 Å². The molecule has 0 spiro atoms. The van der Waals surface area contributed by atoms with Gasteiger partial charge >= 0.3 is 6.03 Å². The first-order valence-electron chi connectivity index (χ1n) is 8.10. The molecule has 1 aliphatic heterocycles. The maximum Gasteiger partial charge on any atom is 0.318 e. The number of hydrogen-bond acceptors (Lipinski definition) is 5. The lowest BCUT2D eigenvalue weighted by atomic mass is 10.0. The molecule has 2 aromatic rings. The highest BCUT2D eigenvalue weighted by Gasteiger charge is 2.42. The Morgan fingerprint density at radius 2 is 1.92 bits per heavy atom. The van der Waals surface area contributed by atoms with Crippen LogP contribution in [0.5, 0.6) is 5.75 Å². The number of fused-ring (bicyclic) bond motifs is 3. The second-order valence-electron chi connectivity index (χ2n) is 5.91. The number of nitrogens with one attached hydrogen (secondary N) is 2. The average Bonchev–Trinajstić information content (AvgIpc) is 3.22. The first-order chi connectivity index (χ1) is 12.6. The zero-order chi connectivity index (χ0) is 18.3. The summed E-state index contributed by atoms with van der Waals surface area (Å²) in [4.78, 5) is 24.8. The van der Waals surface area contributed by atoms with Crippen molar-refractivity contribution in [2.45, 2.75) is 6.04 Å². The molecule has 0 fully saturated rings. The maximum atomic E-state index is 13.1. The Morgan fingerprint density at radius 1 is 1.15 bits per heavy atom. The number of rotatable bonds is 3. The number of ketones is 1. The van der Waals surface area contributed by atoms with Gasteiger partial charge < -0.3 is 15.4 Å². The van der Waals surface area contributed by atoms with Crippen LogP contribution >= 0.6 is 0 Å². The molecule has 1 atom stereocenters. The zero-order valence-corrected chi connectivity index (χ0v) is 14.2. The number of Topliss-reactive ketones (excluding diaryl/α,β-unsaturated/α-hetero) is 1. The highest BCUT2D eigenvalue weighted by Crippen LogP contribution is 2.48. The van der Waals surface area contributed by atoms with Crippen molar-refractivity contribution >= 4 is 23.2 Å². The van der Waals surface area contributed by atoms with Crippen LogP contribution in [0.15, 0.2) is 58.3 Å². The number of urea groups is 1. The number of hydrogen-bond donors (Lipinski definition) is 2. The third-order valence-electron chi connectivity index (χ3n) is 4.50. The van der Waals surface area contributed by atoms with Crippen molar-refractivity contribution in [1.29, 1.82) is 0 Å². The minimum absolute atomic E-state index is 0.159. The number of amides is 2. The van der Waals surface area contributed by atoms with Crippen LogP contribution in [-0.2, 0) is 0 Å². The monoisotopic (exact) mass is 348 g/mol. The number of nitrogens with zero attached hydrogens (tertiary/aromatic N) is 2. The molecule has 7 nitrogen and oxygen atoms in total. The molecular weight excluding hydrogens is 332 g/mol. The van der Waals surface area contributed by atoms with Crippen LogP contribution in [0.4, 0.5) is 10.5 Å². The zero-order valence-electron chi connectivity index (χ0n) is 14.2. The van der Waals surface area contributed by atoms with E-state index in [0.29, 0.717) is 22.5 Å². The molecule has 1 aliphatic carbocycles. The molecule has 4 rings (SSSR count). The van der Waals surface area contributed by atoms with Crippen molar-refractivity contribution in [3.05, 3.63) is 64.7 Å². The third kappa shape index (κ3) is 2.36. The number of carbonyl (C=O) groups is 2. The molecule has 2 aromatic carbocycles. The molecule has 0 saturated carbocycles. The summed E-state index contributed by atoms with van der Waals surface area (Å²) in [5.41, 5.74) is 3.60. The minimum Gasteiger partial charge on any atom is -0.497 e. The quantitative estimate of drug-likeness (QED) is 0.888. The molecule has 2 amide bonds. The van der Waals surface area contributed by atoms with Crippen LogP contribution in [0.1, 0.15) is 27.5 Å². The Balaban J connectivity index is 1.79. The van der Waals surface area contributed by atoms with E-state index in [1.54, 1.807) is 19.2 Å². The number of methoxy groups -OCH3 is 1. The Bertz CT molecular complexity index is 977. The summed E-state index contributed by atoms with van der Waals surface area (Å²) in [6, 6.07) is 11.9. The van der Waals surface area contributed by atoms with Crippen LogP contribution in [-0.4, -0.2) is 26.0 Å². The van der Waals surface area contributed by atoms with E-state index in [1.807, 2.05) is 30.3 Å². The van der Waals surface area contributed by atoms with Gasteiger partial charge in [-0.3, -0.25) is 4.79 Å². The topological polar surface area (TPSA) is 92.2 Å². The fourth-order valence-corrected chi connectivity index (χ4v) is 3.24. The Labute approximate surface area is 149 Å². The Hall–Kier alpha value is -3.48. The molecule has 1 unspecified atom stereocenters. The van der Waals surface area contributed by atoms with Gasteiger partial charge in [0.25, 0.3) is 0 Å². The van der Waals surface area contributed by atoms with Gasteiger partial charge in [0.2, 0.25) is 0 Å². The number of ether oxygens (including phenoxy) is 1. The number of azo groups is 1. The second kappa shape index (κ2) is 6.11. The number of anilines is 1.